The molecule has 0 fully saturated rings. The Morgan fingerprint density at radius 1 is 1.44 bits per heavy atom. The molecule has 1 unspecified atom stereocenters. The van der Waals surface area contributed by atoms with Crippen LogP contribution >= 0.6 is 22.6 Å². The van der Waals surface area contributed by atoms with Gasteiger partial charge in [-0.05, 0) is 18.6 Å². The van der Waals surface area contributed by atoms with Crippen LogP contribution in [0, 0.1) is 6.07 Å². The van der Waals surface area contributed by atoms with Gasteiger partial charge in [0.25, 0.3) is 0 Å². The molecule has 1 atom stereocenters. The first-order valence-electron chi connectivity index (χ1n) is 2.91. The molecule has 0 saturated heterocycles. The molecule has 0 aliphatic carbocycles. The summed E-state index contributed by atoms with van der Waals surface area (Å²) in [6, 6.07) is 11.1. The molecule has 0 N–H and O–H groups in total. The van der Waals surface area contributed by atoms with Crippen LogP contribution in [-0.4, -0.2) is 0 Å². The Balaban J connectivity index is 2.85. The molecule has 9 heavy (non-hydrogen) atoms. The topological polar surface area (TPSA) is 0 Å². The van der Waals surface area contributed by atoms with Crippen LogP contribution in [0.1, 0.15) is 16.4 Å². The zero-order valence-corrected chi connectivity index (χ0v) is 7.42. The summed E-state index contributed by atoms with van der Waals surface area (Å²) in [4.78, 5) is 0. The summed E-state index contributed by atoms with van der Waals surface area (Å²) in [5, 5.41) is 0. The van der Waals surface area contributed by atoms with Gasteiger partial charge in [-0.25, -0.2) is 0 Å². The lowest BCUT2D eigenvalue weighted by molar-refractivity contribution is 1.15. The average molecular weight is 231 g/mol. The number of halogens is 1. The van der Waals surface area contributed by atoms with Gasteiger partial charge < -0.3 is 0 Å². The second-order valence-corrected chi connectivity index (χ2v) is 3.82. The molecule has 0 saturated carbocycles. The maximum absolute atomic E-state index is 2.98. The third-order valence-corrected chi connectivity index (χ3v) is 1.92. The zero-order valence-electron chi connectivity index (χ0n) is 5.26. The molecule has 1 rings (SSSR count). The molecule has 0 aliphatic rings. The van der Waals surface area contributed by atoms with Gasteiger partial charge in [0.1, 0.15) is 0 Å². The van der Waals surface area contributed by atoms with E-state index in [4.69, 9.17) is 0 Å². The molecule has 1 aromatic carbocycles. The Hall–Kier alpha value is -0.0500. The van der Waals surface area contributed by atoms with Gasteiger partial charge in [0.2, 0.25) is 0 Å². The largest absolute Gasteiger partial charge is 0.0777 e. The van der Waals surface area contributed by atoms with Gasteiger partial charge in [0.15, 0.2) is 0 Å². The quantitative estimate of drug-likeness (QED) is 0.514. The summed E-state index contributed by atoms with van der Waals surface area (Å²) in [7, 11) is 0. The van der Waals surface area contributed by atoms with Gasteiger partial charge in [-0.3, -0.25) is 0 Å². The van der Waals surface area contributed by atoms with Crippen LogP contribution in [0.2, 0.25) is 0 Å². The number of hydrogen-bond acceptors (Lipinski definition) is 0. The van der Waals surface area contributed by atoms with Gasteiger partial charge in [-0.15, -0.1) is 0 Å². The lowest BCUT2D eigenvalue weighted by Crippen LogP contribution is -1.79. The van der Waals surface area contributed by atoms with E-state index in [0.717, 1.165) is 0 Å². The van der Waals surface area contributed by atoms with Crippen LogP contribution in [0.5, 0.6) is 0 Å². The maximum Gasteiger partial charge on any atom is 0.0331 e. The van der Waals surface area contributed by atoms with Crippen molar-refractivity contribution in [1.82, 2.24) is 0 Å². The molecule has 1 heteroatoms. The fourth-order valence-corrected chi connectivity index (χ4v) is 1.08. The summed E-state index contributed by atoms with van der Waals surface area (Å²) in [5.41, 5.74) is 1.37. The average Bonchev–Trinajstić information content (AvgIpc) is 1.90. The fourth-order valence-electron chi connectivity index (χ4n) is 0.665. The monoisotopic (exact) mass is 231 g/mol. The minimum Gasteiger partial charge on any atom is -0.0777 e. The van der Waals surface area contributed by atoms with Crippen molar-refractivity contribution in [3.8, 4) is 0 Å². The van der Waals surface area contributed by atoms with Crippen molar-refractivity contribution in [2.45, 2.75) is 10.8 Å². The van der Waals surface area contributed by atoms with E-state index in [2.05, 4.69) is 47.7 Å². The normalized spacial score (nSPS) is 13.1. The standard InChI is InChI=1S/C8H8I/c1-7(9)8-5-3-2-4-6-8/h3-7H,1H3. The summed E-state index contributed by atoms with van der Waals surface area (Å²) in [5.74, 6) is 0. The van der Waals surface area contributed by atoms with Gasteiger partial charge in [-0.1, -0.05) is 46.9 Å². The first-order chi connectivity index (χ1) is 4.30. The van der Waals surface area contributed by atoms with Crippen molar-refractivity contribution < 1.29 is 0 Å². The zero-order chi connectivity index (χ0) is 6.69. The van der Waals surface area contributed by atoms with E-state index in [1.807, 2.05) is 12.1 Å². The molecule has 0 nitrogen and oxygen atoms in total. The second kappa shape index (κ2) is 3.20. The first-order valence-corrected chi connectivity index (χ1v) is 4.15. The van der Waals surface area contributed by atoms with Crippen LogP contribution in [0.15, 0.2) is 24.3 Å². The fraction of sp³-hybridized carbons (Fsp3) is 0.250. The number of benzene rings is 1. The molecule has 0 aromatic heterocycles. The predicted octanol–water partition coefficient (Wildman–Crippen LogP) is 2.98. The number of hydrogen-bond donors (Lipinski definition) is 0. The highest BCUT2D eigenvalue weighted by Crippen LogP contribution is 2.20. The molecule has 0 amide bonds. The lowest BCUT2D eigenvalue weighted by Gasteiger charge is -1.99. The Kier molecular flexibility index (Phi) is 2.51. The SMILES string of the molecule is CC(I)c1cc[c]cc1. The number of rotatable bonds is 1. The summed E-state index contributed by atoms with van der Waals surface area (Å²) >= 11 is 2.39. The van der Waals surface area contributed by atoms with Crippen molar-refractivity contribution in [3.05, 3.63) is 35.9 Å². The first kappa shape index (κ1) is 7.06. The molecule has 0 heterocycles. The molecule has 1 aromatic rings. The molecular formula is C8H8I. The van der Waals surface area contributed by atoms with Crippen molar-refractivity contribution in [2.24, 2.45) is 0 Å². The van der Waals surface area contributed by atoms with Crippen LogP contribution < -0.4 is 0 Å². The van der Waals surface area contributed by atoms with E-state index in [1.165, 1.54) is 5.56 Å². The van der Waals surface area contributed by atoms with Gasteiger partial charge in [0.05, 0.1) is 0 Å². The number of alkyl halides is 1. The minimum absolute atomic E-state index is 0.609. The molecule has 0 spiro atoms. The van der Waals surface area contributed by atoms with Crippen LogP contribution in [0.3, 0.4) is 0 Å². The van der Waals surface area contributed by atoms with E-state index in [0.29, 0.717) is 3.92 Å². The third kappa shape index (κ3) is 1.97. The van der Waals surface area contributed by atoms with E-state index in [-0.39, 0.29) is 0 Å². The molecule has 1 radical (unpaired) electrons. The van der Waals surface area contributed by atoms with Gasteiger partial charge >= 0.3 is 0 Å². The Bertz CT molecular complexity index is 167. The van der Waals surface area contributed by atoms with Crippen molar-refractivity contribution >= 4 is 22.6 Å². The van der Waals surface area contributed by atoms with Gasteiger partial charge in [0, 0.05) is 3.92 Å². The van der Waals surface area contributed by atoms with E-state index in [9.17, 15) is 0 Å². The highest BCUT2D eigenvalue weighted by Gasteiger charge is 1.95. The molecule has 0 aliphatic heterocycles. The Morgan fingerprint density at radius 2 is 2.00 bits per heavy atom. The Labute approximate surface area is 69.4 Å². The summed E-state index contributed by atoms with van der Waals surface area (Å²) in [6.45, 7) is 2.18. The highest BCUT2D eigenvalue weighted by atomic mass is 127. The molecule has 47 valence electrons. The smallest absolute Gasteiger partial charge is 0.0331 e. The third-order valence-electron chi connectivity index (χ3n) is 1.20. The highest BCUT2D eigenvalue weighted by molar-refractivity contribution is 14.1. The van der Waals surface area contributed by atoms with Crippen molar-refractivity contribution in [2.75, 3.05) is 0 Å². The summed E-state index contributed by atoms with van der Waals surface area (Å²) < 4.78 is 0.609. The summed E-state index contributed by atoms with van der Waals surface area (Å²) in [6.07, 6.45) is 0. The van der Waals surface area contributed by atoms with E-state index >= 15 is 0 Å². The minimum atomic E-state index is 0.609. The van der Waals surface area contributed by atoms with E-state index in [1.54, 1.807) is 0 Å². The van der Waals surface area contributed by atoms with E-state index < -0.39 is 0 Å². The van der Waals surface area contributed by atoms with Crippen molar-refractivity contribution in [1.29, 1.82) is 0 Å². The van der Waals surface area contributed by atoms with Gasteiger partial charge in [-0.2, -0.15) is 0 Å². The maximum atomic E-state index is 2.98. The molecular weight excluding hydrogens is 223 g/mol. The van der Waals surface area contributed by atoms with Crippen LogP contribution in [-0.2, 0) is 0 Å². The Morgan fingerprint density at radius 3 is 2.33 bits per heavy atom. The van der Waals surface area contributed by atoms with Crippen LogP contribution in [0.4, 0.5) is 0 Å². The second-order valence-electron chi connectivity index (χ2n) is 1.95. The molecule has 0 bridgehead atoms. The predicted molar refractivity (Wildman–Crippen MR) is 47.7 cm³/mol. The van der Waals surface area contributed by atoms with Crippen molar-refractivity contribution in [3.63, 3.8) is 0 Å². The lowest BCUT2D eigenvalue weighted by atomic mass is 10.2. The van der Waals surface area contributed by atoms with Crippen LogP contribution in [0.25, 0.3) is 0 Å².